The zero-order chi connectivity index (χ0) is 15.9. The fraction of sp³-hybridized carbons (Fsp3) is 0.125. The van der Waals surface area contributed by atoms with Crippen molar-refractivity contribution in [2.75, 3.05) is 0 Å². The molecule has 0 aliphatic carbocycles. The number of non-ortho nitro benzene ring substituents is 1. The molecule has 0 bridgehead atoms. The summed E-state index contributed by atoms with van der Waals surface area (Å²) in [5.41, 5.74) is 1.19. The zero-order valence-corrected chi connectivity index (χ0v) is 11.8. The molecule has 0 fully saturated rings. The molecule has 0 aromatic heterocycles. The molecule has 0 aliphatic rings. The molecule has 2 aromatic rings. The van der Waals surface area contributed by atoms with Crippen LogP contribution in [0.25, 0.3) is 0 Å². The van der Waals surface area contributed by atoms with E-state index in [1.54, 1.807) is 0 Å². The van der Waals surface area contributed by atoms with E-state index in [1.807, 2.05) is 30.3 Å². The van der Waals surface area contributed by atoms with Crippen molar-refractivity contribution in [2.45, 2.75) is 12.8 Å². The Morgan fingerprint density at radius 2 is 1.73 bits per heavy atom. The van der Waals surface area contributed by atoms with Crippen molar-refractivity contribution >= 4 is 17.8 Å². The molecule has 0 aliphatic heterocycles. The van der Waals surface area contributed by atoms with Gasteiger partial charge in [0.25, 0.3) is 5.69 Å². The van der Waals surface area contributed by atoms with Crippen LogP contribution in [0, 0.1) is 10.1 Å². The average Bonchev–Trinajstić information content (AvgIpc) is 2.55. The van der Waals surface area contributed by atoms with Crippen molar-refractivity contribution < 1.29 is 19.7 Å². The molecule has 112 valence electrons. The number of nitrogens with zero attached hydrogens (tertiary/aromatic N) is 2. The summed E-state index contributed by atoms with van der Waals surface area (Å²) in [6, 6.07) is 14.8. The Morgan fingerprint density at radius 3 is 2.32 bits per heavy atom. The second-order valence-electron chi connectivity index (χ2n) is 4.66. The summed E-state index contributed by atoms with van der Waals surface area (Å²) >= 11 is 0. The molecular weight excluding hydrogens is 284 g/mol. The lowest BCUT2D eigenvalue weighted by molar-refractivity contribution is -0.695. The minimum atomic E-state index is -0.622. The summed E-state index contributed by atoms with van der Waals surface area (Å²) in [5, 5.41) is 20.3. The van der Waals surface area contributed by atoms with Crippen LogP contribution in [-0.2, 0) is 6.42 Å². The number of aryl methyl sites for hydroxylation is 1. The molecule has 0 radical (unpaired) electrons. The van der Waals surface area contributed by atoms with Gasteiger partial charge in [-0.05, 0) is 24.1 Å². The third-order valence-electron chi connectivity index (χ3n) is 3.11. The van der Waals surface area contributed by atoms with Gasteiger partial charge in [-0.1, -0.05) is 30.3 Å². The highest BCUT2D eigenvalue weighted by molar-refractivity contribution is 5.89. The van der Waals surface area contributed by atoms with Crippen molar-refractivity contribution in [3.8, 4) is 0 Å². The highest BCUT2D eigenvalue weighted by Gasteiger charge is 2.20. The summed E-state index contributed by atoms with van der Waals surface area (Å²) < 4.78 is 0.518. The number of carbonyl (C=O) groups excluding carboxylic acids is 1. The van der Waals surface area contributed by atoms with E-state index in [1.165, 1.54) is 30.5 Å². The Hall–Kier alpha value is -3.02. The summed E-state index contributed by atoms with van der Waals surface area (Å²) in [5.74, 6) is -0.622. The molecule has 0 saturated carbocycles. The van der Waals surface area contributed by atoms with E-state index >= 15 is 0 Å². The normalized spacial score (nSPS) is 11.2. The van der Waals surface area contributed by atoms with Gasteiger partial charge in [0.2, 0.25) is 6.21 Å². The van der Waals surface area contributed by atoms with Gasteiger partial charge < -0.3 is 0 Å². The third-order valence-corrected chi connectivity index (χ3v) is 3.11. The van der Waals surface area contributed by atoms with Crippen LogP contribution in [0.4, 0.5) is 5.69 Å². The number of nitro groups is 1. The molecular formula is C16H15N2O4+. The number of amides is 1. The Morgan fingerprint density at radius 1 is 1.09 bits per heavy atom. The maximum Gasteiger partial charge on any atom is 0.465 e. The highest BCUT2D eigenvalue weighted by atomic mass is 16.6. The number of hydrogen-bond acceptors (Lipinski definition) is 4. The summed E-state index contributed by atoms with van der Waals surface area (Å²) in [6.07, 6.45) is 2.58. The predicted octanol–water partition coefficient (Wildman–Crippen LogP) is 2.84. The minimum absolute atomic E-state index is 0.103. The summed E-state index contributed by atoms with van der Waals surface area (Å²) in [4.78, 5) is 21.9. The van der Waals surface area contributed by atoms with E-state index in [4.69, 9.17) is 0 Å². The van der Waals surface area contributed by atoms with Crippen molar-refractivity contribution in [3.05, 3.63) is 75.8 Å². The number of nitro benzene ring substituents is 1. The predicted molar refractivity (Wildman–Crippen MR) is 80.3 cm³/mol. The largest absolute Gasteiger partial charge is 0.465 e. The summed E-state index contributed by atoms with van der Waals surface area (Å²) in [6.45, 7) is 0. The van der Waals surface area contributed by atoms with Crippen molar-refractivity contribution in [2.24, 2.45) is 0 Å². The molecule has 6 nitrogen and oxygen atoms in total. The van der Waals surface area contributed by atoms with E-state index in [-0.39, 0.29) is 11.3 Å². The van der Waals surface area contributed by atoms with Gasteiger partial charge in [0.1, 0.15) is 0 Å². The molecule has 0 saturated heterocycles. The highest BCUT2D eigenvalue weighted by Crippen LogP contribution is 2.12. The molecule has 1 amide bonds. The maximum atomic E-state index is 11.9. The lowest BCUT2D eigenvalue weighted by atomic mass is 10.1. The van der Waals surface area contributed by atoms with E-state index in [0.29, 0.717) is 17.6 Å². The van der Waals surface area contributed by atoms with Gasteiger partial charge in [-0.2, -0.15) is 0 Å². The number of hydroxylamine groups is 1. The smallest absolute Gasteiger partial charge is 0.282 e. The van der Waals surface area contributed by atoms with Crippen LogP contribution in [-0.4, -0.2) is 27.0 Å². The standard InChI is InChI=1S/C16H15N2O4/c19-16(14-8-10-15(11-9-14)18(21)22)17(20)12-4-7-13-5-2-1-3-6-13/h1-3,5-6,8-12,20H,4,7H2/q+1/b17-12-. The van der Waals surface area contributed by atoms with E-state index in [9.17, 15) is 20.1 Å². The molecule has 0 unspecified atom stereocenters. The lowest BCUT2D eigenvalue weighted by Crippen LogP contribution is -2.18. The molecule has 22 heavy (non-hydrogen) atoms. The van der Waals surface area contributed by atoms with Gasteiger partial charge in [-0.15, -0.1) is 0 Å². The third kappa shape index (κ3) is 3.99. The zero-order valence-electron chi connectivity index (χ0n) is 11.8. The number of benzene rings is 2. The first-order valence-corrected chi connectivity index (χ1v) is 6.72. The number of rotatable bonds is 5. The van der Waals surface area contributed by atoms with Crippen LogP contribution in [0.2, 0.25) is 0 Å². The fourth-order valence-corrected chi connectivity index (χ4v) is 1.94. The van der Waals surface area contributed by atoms with Gasteiger partial charge in [-0.25, -0.2) is 4.79 Å². The number of hydrogen-bond donors (Lipinski definition) is 1. The Bertz CT molecular complexity index is 694. The van der Waals surface area contributed by atoms with Gasteiger partial charge in [0, 0.05) is 23.3 Å². The van der Waals surface area contributed by atoms with Crippen LogP contribution in [0.1, 0.15) is 22.3 Å². The second kappa shape index (κ2) is 7.12. The van der Waals surface area contributed by atoms with Crippen LogP contribution >= 0.6 is 0 Å². The average molecular weight is 299 g/mol. The Kier molecular flexibility index (Phi) is 4.98. The van der Waals surface area contributed by atoms with Crippen molar-refractivity contribution in [1.29, 1.82) is 0 Å². The molecule has 0 spiro atoms. The topological polar surface area (TPSA) is 83.4 Å². The van der Waals surface area contributed by atoms with Gasteiger partial charge in [0.15, 0.2) is 0 Å². The molecule has 1 N–H and O–H groups in total. The van der Waals surface area contributed by atoms with Gasteiger partial charge >= 0.3 is 5.91 Å². The first-order valence-electron chi connectivity index (χ1n) is 6.72. The quantitative estimate of drug-likeness (QED) is 0.230. The maximum absolute atomic E-state index is 11.9. The van der Waals surface area contributed by atoms with E-state index in [2.05, 4.69) is 0 Å². The minimum Gasteiger partial charge on any atom is -0.282 e. The monoisotopic (exact) mass is 299 g/mol. The number of carbonyl (C=O) groups is 1. The summed E-state index contributed by atoms with van der Waals surface area (Å²) in [7, 11) is 0. The SMILES string of the molecule is O=C(c1ccc([N+](=O)[O-])cc1)/[N+](O)=C/CCc1ccccc1. The molecule has 2 rings (SSSR count). The van der Waals surface area contributed by atoms with E-state index < -0.39 is 10.8 Å². The van der Waals surface area contributed by atoms with Gasteiger partial charge in [0.05, 0.1) is 10.5 Å². The molecule has 2 aromatic carbocycles. The van der Waals surface area contributed by atoms with Crippen molar-refractivity contribution in [1.82, 2.24) is 0 Å². The molecule has 6 heteroatoms. The van der Waals surface area contributed by atoms with Crippen LogP contribution < -0.4 is 0 Å². The van der Waals surface area contributed by atoms with Crippen LogP contribution in [0.15, 0.2) is 54.6 Å². The first kappa shape index (κ1) is 15.4. The Labute approximate surface area is 127 Å². The Balaban J connectivity index is 1.99. The lowest BCUT2D eigenvalue weighted by Gasteiger charge is -1.96. The fourth-order valence-electron chi connectivity index (χ4n) is 1.94. The first-order chi connectivity index (χ1) is 10.6. The van der Waals surface area contributed by atoms with Gasteiger partial charge in [-0.3, -0.25) is 15.3 Å². The van der Waals surface area contributed by atoms with Crippen molar-refractivity contribution in [3.63, 3.8) is 0 Å². The van der Waals surface area contributed by atoms with E-state index in [0.717, 1.165) is 5.56 Å². The molecule has 0 heterocycles. The second-order valence-corrected chi connectivity index (χ2v) is 4.66. The van der Waals surface area contributed by atoms with Crippen LogP contribution in [0.3, 0.4) is 0 Å². The van der Waals surface area contributed by atoms with Crippen LogP contribution in [0.5, 0.6) is 0 Å². The molecule has 0 atom stereocenters.